The van der Waals surface area contributed by atoms with Crippen LogP contribution < -0.4 is 25.5 Å². The maximum absolute atomic E-state index is 12.9. The Morgan fingerprint density at radius 1 is 0.939 bits per heavy atom. The Bertz CT molecular complexity index is 1220. The molecule has 8 heteroatoms. The van der Waals surface area contributed by atoms with E-state index >= 15 is 0 Å². The van der Waals surface area contributed by atoms with Crippen molar-refractivity contribution in [3.05, 3.63) is 93.4 Å². The number of carbonyl (C=O) groups is 2. The highest BCUT2D eigenvalue weighted by molar-refractivity contribution is 5.99. The molecule has 3 aromatic rings. The molecule has 0 saturated heterocycles. The Morgan fingerprint density at radius 3 is 2.42 bits per heavy atom. The Labute approximate surface area is 191 Å². The summed E-state index contributed by atoms with van der Waals surface area (Å²) in [5, 5.41) is 5.23. The molecule has 0 radical (unpaired) electrons. The van der Waals surface area contributed by atoms with Crippen LogP contribution in [0.4, 0.5) is 0 Å². The van der Waals surface area contributed by atoms with Crippen LogP contribution >= 0.6 is 0 Å². The molecule has 0 spiro atoms. The van der Waals surface area contributed by atoms with Crippen molar-refractivity contribution in [2.45, 2.75) is 25.9 Å². The molecule has 1 aliphatic rings. The van der Waals surface area contributed by atoms with Crippen molar-refractivity contribution in [1.82, 2.24) is 15.2 Å². The lowest BCUT2D eigenvalue weighted by Crippen LogP contribution is -2.34. The lowest BCUT2D eigenvalue weighted by atomic mass is 10.1. The molecule has 1 aliphatic heterocycles. The lowest BCUT2D eigenvalue weighted by Gasteiger charge is -2.12. The molecule has 2 N–H and O–H groups in total. The smallest absolute Gasteiger partial charge is 0.257 e. The van der Waals surface area contributed by atoms with E-state index in [0.29, 0.717) is 18.0 Å². The minimum Gasteiger partial charge on any atom is -0.454 e. The number of nitrogens with zero attached hydrogens (tertiary/aromatic N) is 1. The summed E-state index contributed by atoms with van der Waals surface area (Å²) in [4.78, 5) is 38.0. The lowest BCUT2D eigenvalue weighted by molar-refractivity contribution is 0.0948. The summed E-state index contributed by atoms with van der Waals surface area (Å²) in [7, 11) is 1.45. The summed E-state index contributed by atoms with van der Waals surface area (Å²) < 4.78 is 12.4. The van der Waals surface area contributed by atoms with Gasteiger partial charge in [0, 0.05) is 32.5 Å². The number of aromatic nitrogens is 1. The average molecular weight is 447 g/mol. The fourth-order valence-electron chi connectivity index (χ4n) is 3.66. The van der Waals surface area contributed by atoms with Crippen LogP contribution in [0.15, 0.2) is 65.7 Å². The van der Waals surface area contributed by atoms with Gasteiger partial charge in [0.15, 0.2) is 11.5 Å². The number of amides is 2. The zero-order valence-corrected chi connectivity index (χ0v) is 18.3. The van der Waals surface area contributed by atoms with E-state index in [1.54, 1.807) is 16.7 Å². The average Bonchev–Trinajstić information content (AvgIpc) is 3.31. The second-order valence-corrected chi connectivity index (χ2v) is 7.69. The molecule has 0 saturated carbocycles. The van der Waals surface area contributed by atoms with E-state index in [-0.39, 0.29) is 24.5 Å². The molecule has 0 bridgehead atoms. The van der Waals surface area contributed by atoms with E-state index in [2.05, 4.69) is 22.8 Å². The maximum atomic E-state index is 12.9. The number of hydrogen-bond acceptors (Lipinski definition) is 5. The molecule has 1 aromatic heterocycles. The number of ether oxygens (including phenoxy) is 2. The molecule has 0 unspecified atom stereocenters. The number of nitrogens with one attached hydrogen (secondary N) is 2. The first-order chi connectivity index (χ1) is 16.0. The fraction of sp³-hybridized carbons (Fsp3) is 0.240. The van der Waals surface area contributed by atoms with Crippen LogP contribution in [0.5, 0.6) is 11.5 Å². The van der Waals surface area contributed by atoms with E-state index in [4.69, 9.17) is 9.47 Å². The van der Waals surface area contributed by atoms with Gasteiger partial charge in [-0.25, -0.2) is 0 Å². The van der Waals surface area contributed by atoms with Gasteiger partial charge in [-0.1, -0.05) is 36.4 Å². The third kappa shape index (κ3) is 5.23. The monoisotopic (exact) mass is 447 g/mol. The standard InChI is InChI=1S/C25H25N3O5/c1-26-24(30)19-14-28(11-5-8-17-6-3-2-4-7-17)15-20(23(19)29)25(31)27-13-18-9-10-21-22(12-18)33-16-32-21/h2-4,6-7,9-10,12,14-15H,5,8,11,13,16H2,1H3,(H,26,30)(H,27,31). The molecule has 0 aliphatic carbocycles. The first kappa shape index (κ1) is 22.1. The topological polar surface area (TPSA) is 98.7 Å². The summed E-state index contributed by atoms with van der Waals surface area (Å²) in [6.07, 6.45) is 4.64. The van der Waals surface area contributed by atoms with Crippen molar-refractivity contribution in [3.8, 4) is 11.5 Å². The summed E-state index contributed by atoms with van der Waals surface area (Å²) in [6.45, 7) is 0.927. The Balaban J connectivity index is 1.50. The third-order valence-electron chi connectivity index (χ3n) is 5.41. The molecule has 8 nitrogen and oxygen atoms in total. The van der Waals surface area contributed by atoms with E-state index in [9.17, 15) is 14.4 Å². The molecular formula is C25H25N3O5. The van der Waals surface area contributed by atoms with E-state index < -0.39 is 17.2 Å². The number of hydrogen-bond donors (Lipinski definition) is 2. The van der Waals surface area contributed by atoms with Crippen molar-refractivity contribution < 1.29 is 19.1 Å². The summed E-state index contributed by atoms with van der Waals surface area (Å²) in [6, 6.07) is 15.4. The SMILES string of the molecule is CNC(=O)c1cn(CCCc2ccccc2)cc(C(=O)NCc2ccc3c(c2)OCO3)c1=O. The van der Waals surface area contributed by atoms with E-state index in [1.165, 1.54) is 25.0 Å². The minimum absolute atomic E-state index is 0.0621. The van der Waals surface area contributed by atoms with Gasteiger partial charge in [-0.05, 0) is 36.1 Å². The van der Waals surface area contributed by atoms with Crippen molar-refractivity contribution in [1.29, 1.82) is 0 Å². The van der Waals surface area contributed by atoms with E-state index in [1.807, 2.05) is 24.3 Å². The van der Waals surface area contributed by atoms with E-state index in [0.717, 1.165) is 18.4 Å². The predicted molar refractivity (Wildman–Crippen MR) is 123 cm³/mol. The van der Waals surface area contributed by atoms with Gasteiger partial charge in [-0.2, -0.15) is 0 Å². The molecule has 2 heterocycles. The molecule has 2 aromatic carbocycles. The number of benzene rings is 2. The Kier molecular flexibility index (Phi) is 6.73. The molecule has 33 heavy (non-hydrogen) atoms. The highest BCUT2D eigenvalue weighted by Gasteiger charge is 2.19. The van der Waals surface area contributed by atoms with Gasteiger partial charge in [0.1, 0.15) is 11.1 Å². The highest BCUT2D eigenvalue weighted by atomic mass is 16.7. The second-order valence-electron chi connectivity index (χ2n) is 7.69. The van der Waals surface area contributed by atoms with Crippen LogP contribution in [-0.4, -0.2) is 30.2 Å². The number of fused-ring (bicyclic) bond motifs is 1. The van der Waals surface area contributed by atoms with Gasteiger partial charge in [0.05, 0.1) is 0 Å². The summed E-state index contributed by atoms with van der Waals surface area (Å²) >= 11 is 0. The van der Waals surface area contributed by atoms with Gasteiger partial charge in [0.2, 0.25) is 12.2 Å². The van der Waals surface area contributed by atoms with Gasteiger partial charge in [-0.15, -0.1) is 0 Å². The van der Waals surface area contributed by atoms with Crippen molar-refractivity contribution >= 4 is 11.8 Å². The van der Waals surface area contributed by atoms with Crippen LogP contribution in [-0.2, 0) is 19.5 Å². The van der Waals surface area contributed by atoms with Crippen LogP contribution in [0.25, 0.3) is 0 Å². The minimum atomic E-state index is -0.600. The molecule has 0 atom stereocenters. The van der Waals surface area contributed by atoms with Crippen LogP contribution in [0.1, 0.15) is 38.3 Å². The quantitative estimate of drug-likeness (QED) is 0.553. The first-order valence-corrected chi connectivity index (χ1v) is 10.7. The van der Waals surface area contributed by atoms with Crippen molar-refractivity contribution in [3.63, 3.8) is 0 Å². The number of aryl methyl sites for hydroxylation is 2. The largest absolute Gasteiger partial charge is 0.454 e. The van der Waals surface area contributed by atoms with Crippen LogP contribution in [0, 0.1) is 0 Å². The summed E-state index contributed by atoms with van der Waals surface area (Å²) in [5.41, 5.74) is 1.27. The highest BCUT2D eigenvalue weighted by Crippen LogP contribution is 2.32. The molecule has 4 rings (SSSR count). The zero-order chi connectivity index (χ0) is 23.2. The predicted octanol–water partition coefficient (Wildman–Crippen LogP) is 2.50. The molecule has 2 amide bonds. The molecule has 170 valence electrons. The van der Waals surface area contributed by atoms with Gasteiger partial charge >= 0.3 is 0 Å². The maximum Gasteiger partial charge on any atom is 0.257 e. The Hall–Kier alpha value is -4.07. The number of carbonyl (C=O) groups excluding carboxylic acids is 2. The van der Waals surface area contributed by atoms with Crippen LogP contribution in [0.3, 0.4) is 0 Å². The van der Waals surface area contributed by atoms with Gasteiger partial charge < -0.3 is 24.7 Å². The molecular weight excluding hydrogens is 422 g/mol. The molecule has 0 fully saturated rings. The van der Waals surface area contributed by atoms with Crippen molar-refractivity contribution in [2.75, 3.05) is 13.8 Å². The first-order valence-electron chi connectivity index (χ1n) is 10.7. The fourth-order valence-corrected chi connectivity index (χ4v) is 3.66. The second kappa shape index (κ2) is 10.0. The van der Waals surface area contributed by atoms with Crippen LogP contribution in [0.2, 0.25) is 0 Å². The number of pyridine rings is 1. The zero-order valence-electron chi connectivity index (χ0n) is 18.3. The normalized spacial score (nSPS) is 11.8. The summed E-state index contributed by atoms with van der Waals surface area (Å²) in [5.74, 6) is 0.202. The Morgan fingerprint density at radius 2 is 1.67 bits per heavy atom. The van der Waals surface area contributed by atoms with Crippen molar-refractivity contribution in [2.24, 2.45) is 0 Å². The third-order valence-corrected chi connectivity index (χ3v) is 5.41. The van der Waals surface area contributed by atoms with Gasteiger partial charge in [0.25, 0.3) is 11.8 Å². The van der Waals surface area contributed by atoms with Gasteiger partial charge in [-0.3, -0.25) is 14.4 Å². The number of rotatable bonds is 8.